The van der Waals surface area contributed by atoms with Crippen molar-refractivity contribution in [1.29, 1.82) is 0 Å². The molecule has 0 aliphatic rings. The first-order valence-electron chi connectivity index (χ1n) is 3.78. The molecule has 13 heavy (non-hydrogen) atoms. The summed E-state index contributed by atoms with van der Waals surface area (Å²) < 4.78 is 0.762. The first kappa shape index (κ1) is 10.8. The van der Waals surface area contributed by atoms with Gasteiger partial charge in [-0.15, -0.1) is 0 Å². The summed E-state index contributed by atoms with van der Waals surface area (Å²) in [6, 6.07) is -0.195. The summed E-state index contributed by atoms with van der Waals surface area (Å²) in [4.78, 5) is 7.82. The molecule has 0 bridgehead atoms. The number of hydrogen-bond donors (Lipinski definition) is 2. The van der Waals surface area contributed by atoms with E-state index in [0.717, 1.165) is 4.47 Å². The van der Waals surface area contributed by atoms with Crippen LogP contribution in [0.5, 0.6) is 0 Å². The number of nitrogens with two attached hydrogens (primary N) is 2. The van der Waals surface area contributed by atoms with E-state index in [4.69, 9.17) is 23.1 Å². The molecule has 6 heteroatoms. The highest BCUT2D eigenvalue weighted by atomic mass is 79.9. The monoisotopic (exact) mass is 264 g/mol. The Morgan fingerprint density at radius 1 is 1.62 bits per heavy atom. The average molecular weight is 266 g/mol. The van der Waals surface area contributed by atoms with Crippen LogP contribution < -0.4 is 11.5 Å². The Kier molecular flexibility index (Phi) is 4.05. The van der Waals surface area contributed by atoms with E-state index >= 15 is 0 Å². The fourth-order valence-electron chi connectivity index (χ4n) is 0.934. The fraction of sp³-hybridized carbons (Fsp3) is 0.429. The van der Waals surface area contributed by atoms with Gasteiger partial charge in [0.05, 0.1) is 10.2 Å². The van der Waals surface area contributed by atoms with Gasteiger partial charge in [-0.05, 0) is 40.5 Å². The van der Waals surface area contributed by atoms with Gasteiger partial charge in [-0.25, -0.2) is 9.97 Å². The van der Waals surface area contributed by atoms with Gasteiger partial charge in [0.15, 0.2) is 0 Å². The predicted molar refractivity (Wildman–Crippen MR) is 55.3 cm³/mol. The zero-order valence-corrected chi connectivity index (χ0v) is 9.22. The molecule has 0 fully saturated rings. The van der Waals surface area contributed by atoms with Crippen molar-refractivity contribution >= 4 is 27.5 Å². The van der Waals surface area contributed by atoms with Crippen molar-refractivity contribution in [2.45, 2.75) is 12.5 Å². The Morgan fingerprint density at radius 2 is 2.31 bits per heavy atom. The molecule has 0 aliphatic heterocycles. The van der Waals surface area contributed by atoms with Gasteiger partial charge in [0.1, 0.15) is 0 Å². The van der Waals surface area contributed by atoms with Gasteiger partial charge >= 0.3 is 0 Å². The lowest BCUT2D eigenvalue weighted by molar-refractivity contribution is 0.637. The third-order valence-electron chi connectivity index (χ3n) is 1.57. The Hall–Kier alpha value is -0.230. The maximum atomic E-state index is 5.82. The zero-order valence-electron chi connectivity index (χ0n) is 6.87. The number of aromatic nitrogens is 2. The van der Waals surface area contributed by atoms with Crippen molar-refractivity contribution in [2.75, 3.05) is 6.54 Å². The summed E-state index contributed by atoms with van der Waals surface area (Å²) in [6.07, 6.45) is 2.26. The summed E-state index contributed by atoms with van der Waals surface area (Å²) in [5.41, 5.74) is 11.9. The minimum Gasteiger partial charge on any atom is -0.330 e. The molecule has 4 N–H and O–H groups in total. The molecule has 0 amide bonds. The topological polar surface area (TPSA) is 77.8 Å². The van der Waals surface area contributed by atoms with Crippen molar-refractivity contribution < 1.29 is 0 Å². The van der Waals surface area contributed by atoms with Crippen LogP contribution in [0.25, 0.3) is 0 Å². The Morgan fingerprint density at radius 3 is 2.92 bits per heavy atom. The highest BCUT2D eigenvalue weighted by molar-refractivity contribution is 9.10. The first-order chi connectivity index (χ1) is 6.15. The molecule has 0 spiro atoms. The minimum atomic E-state index is -0.195. The number of halogens is 2. The van der Waals surface area contributed by atoms with Crippen LogP contribution in [0, 0.1) is 0 Å². The smallest absolute Gasteiger partial charge is 0.222 e. The summed E-state index contributed by atoms with van der Waals surface area (Å²) in [5, 5.41) is 0.200. The lowest BCUT2D eigenvalue weighted by Gasteiger charge is -2.10. The van der Waals surface area contributed by atoms with E-state index in [1.165, 1.54) is 0 Å². The largest absolute Gasteiger partial charge is 0.330 e. The Balaban J connectivity index is 2.91. The fourth-order valence-corrected chi connectivity index (χ4v) is 1.56. The van der Waals surface area contributed by atoms with Crippen LogP contribution in [-0.2, 0) is 0 Å². The van der Waals surface area contributed by atoms with E-state index in [-0.39, 0.29) is 11.3 Å². The molecule has 1 unspecified atom stereocenters. The van der Waals surface area contributed by atoms with Gasteiger partial charge in [0.2, 0.25) is 5.28 Å². The average Bonchev–Trinajstić information content (AvgIpc) is 2.09. The molecule has 1 atom stereocenters. The van der Waals surface area contributed by atoms with Crippen LogP contribution in [0.1, 0.15) is 18.2 Å². The molecular formula is C7H10BrClN4. The van der Waals surface area contributed by atoms with Crippen molar-refractivity contribution in [1.82, 2.24) is 9.97 Å². The highest BCUT2D eigenvalue weighted by Gasteiger charge is 2.11. The quantitative estimate of drug-likeness (QED) is 0.806. The van der Waals surface area contributed by atoms with Crippen molar-refractivity contribution in [3.63, 3.8) is 0 Å². The molecule has 0 saturated carbocycles. The molecular weight excluding hydrogens is 255 g/mol. The predicted octanol–water partition coefficient (Wildman–Crippen LogP) is 1.24. The van der Waals surface area contributed by atoms with Crippen LogP contribution in [0.4, 0.5) is 0 Å². The maximum absolute atomic E-state index is 5.82. The molecule has 1 rings (SSSR count). The molecule has 72 valence electrons. The second-order valence-electron chi connectivity index (χ2n) is 2.56. The first-order valence-corrected chi connectivity index (χ1v) is 4.96. The van der Waals surface area contributed by atoms with Gasteiger partial charge < -0.3 is 11.5 Å². The molecule has 0 aliphatic carbocycles. The molecule has 4 nitrogen and oxygen atoms in total. The van der Waals surface area contributed by atoms with Gasteiger partial charge in [-0.2, -0.15) is 0 Å². The number of rotatable bonds is 3. The third-order valence-corrected chi connectivity index (χ3v) is 2.36. The van der Waals surface area contributed by atoms with Crippen molar-refractivity contribution in [3.05, 3.63) is 21.6 Å². The summed E-state index contributed by atoms with van der Waals surface area (Å²) in [5.74, 6) is 0. The Labute approximate surface area is 89.8 Å². The number of hydrogen-bond acceptors (Lipinski definition) is 4. The molecule has 1 aromatic heterocycles. The van der Waals surface area contributed by atoms with E-state index in [1.54, 1.807) is 6.20 Å². The highest BCUT2D eigenvalue weighted by Crippen LogP contribution is 2.21. The van der Waals surface area contributed by atoms with Crippen molar-refractivity contribution in [2.24, 2.45) is 11.5 Å². The van der Waals surface area contributed by atoms with Gasteiger partial charge in [0.25, 0.3) is 0 Å². The SMILES string of the molecule is NCCC(N)c1nc(Cl)ncc1Br. The van der Waals surface area contributed by atoms with Crippen LogP contribution >= 0.6 is 27.5 Å². The van der Waals surface area contributed by atoms with Gasteiger partial charge in [-0.1, -0.05) is 0 Å². The normalized spacial score (nSPS) is 12.9. The van der Waals surface area contributed by atoms with Gasteiger partial charge in [0, 0.05) is 12.2 Å². The van der Waals surface area contributed by atoms with E-state index < -0.39 is 0 Å². The molecule has 1 aromatic rings. The Bertz CT molecular complexity index is 294. The summed E-state index contributed by atoms with van der Waals surface area (Å²) in [7, 11) is 0. The minimum absolute atomic E-state index is 0.195. The molecule has 0 aromatic carbocycles. The summed E-state index contributed by atoms with van der Waals surface area (Å²) >= 11 is 8.93. The second kappa shape index (κ2) is 4.85. The second-order valence-corrected chi connectivity index (χ2v) is 3.75. The standard InChI is InChI=1S/C7H10BrClN4/c8-4-3-12-7(9)13-6(4)5(11)1-2-10/h3,5H,1-2,10-11H2. The zero-order chi connectivity index (χ0) is 9.84. The number of nitrogens with zero attached hydrogens (tertiary/aromatic N) is 2. The van der Waals surface area contributed by atoms with Gasteiger partial charge in [-0.3, -0.25) is 0 Å². The molecule has 0 radical (unpaired) electrons. The van der Waals surface area contributed by atoms with E-state index in [1.807, 2.05) is 0 Å². The van der Waals surface area contributed by atoms with Crippen LogP contribution in [0.15, 0.2) is 10.7 Å². The van der Waals surface area contributed by atoms with E-state index in [2.05, 4.69) is 25.9 Å². The molecule has 1 heterocycles. The summed E-state index contributed by atoms with van der Waals surface area (Å²) in [6.45, 7) is 0.523. The van der Waals surface area contributed by atoms with Crippen molar-refractivity contribution in [3.8, 4) is 0 Å². The molecule has 0 saturated heterocycles. The maximum Gasteiger partial charge on any atom is 0.222 e. The van der Waals surface area contributed by atoms with E-state index in [0.29, 0.717) is 18.7 Å². The van der Waals surface area contributed by atoms with Crippen LogP contribution in [-0.4, -0.2) is 16.5 Å². The van der Waals surface area contributed by atoms with Crippen LogP contribution in [0.3, 0.4) is 0 Å². The van der Waals surface area contributed by atoms with E-state index in [9.17, 15) is 0 Å². The third kappa shape index (κ3) is 2.87. The lowest BCUT2D eigenvalue weighted by atomic mass is 10.1. The van der Waals surface area contributed by atoms with Crippen LogP contribution in [0.2, 0.25) is 5.28 Å². The lowest BCUT2D eigenvalue weighted by Crippen LogP contribution is -2.17.